The Bertz CT molecular complexity index is 229. The normalized spacial score (nSPS) is 33.7. The SMILES string of the molecule is CN(C)CCCNC1CCOC2(CCSC2)C1. The number of nitrogens with zero attached hydrogens (tertiary/aromatic N) is 1. The third kappa shape index (κ3) is 4.12. The summed E-state index contributed by atoms with van der Waals surface area (Å²) >= 11 is 2.05. The van der Waals surface area contributed by atoms with E-state index in [1.165, 1.54) is 43.7 Å². The second-order valence-electron chi connectivity index (χ2n) is 5.63. The molecule has 2 aliphatic rings. The Hall–Kier alpha value is 0.230. The van der Waals surface area contributed by atoms with Gasteiger partial charge >= 0.3 is 0 Å². The summed E-state index contributed by atoms with van der Waals surface area (Å²) in [7, 11) is 4.28. The van der Waals surface area contributed by atoms with E-state index in [1.807, 2.05) is 0 Å². The fourth-order valence-corrected chi connectivity index (χ4v) is 4.14. The van der Waals surface area contributed by atoms with Crippen molar-refractivity contribution in [3.05, 3.63) is 0 Å². The summed E-state index contributed by atoms with van der Waals surface area (Å²) in [5, 5.41) is 3.71. The summed E-state index contributed by atoms with van der Waals surface area (Å²) in [6.07, 6.45) is 4.91. The molecule has 2 fully saturated rings. The molecule has 0 aromatic rings. The van der Waals surface area contributed by atoms with E-state index in [1.54, 1.807) is 0 Å². The molecule has 2 saturated heterocycles. The van der Waals surface area contributed by atoms with Crippen molar-refractivity contribution in [3.8, 4) is 0 Å². The third-order valence-electron chi connectivity index (χ3n) is 3.78. The predicted octanol–water partition coefficient (Wildman–Crippen LogP) is 1.58. The van der Waals surface area contributed by atoms with Crippen LogP contribution in [0.15, 0.2) is 0 Å². The predicted molar refractivity (Wildman–Crippen MR) is 74.8 cm³/mol. The minimum absolute atomic E-state index is 0.224. The van der Waals surface area contributed by atoms with Crippen LogP contribution in [0.4, 0.5) is 0 Å². The van der Waals surface area contributed by atoms with E-state index in [0.29, 0.717) is 6.04 Å². The lowest BCUT2D eigenvalue weighted by Crippen LogP contribution is -2.47. The maximum absolute atomic E-state index is 6.03. The van der Waals surface area contributed by atoms with Gasteiger partial charge in [-0.3, -0.25) is 0 Å². The highest BCUT2D eigenvalue weighted by Gasteiger charge is 2.40. The molecule has 0 radical (unpaired) electrons. The summed E-state index contributed by atoms with van der Waals surface area (Å²) in [6.45, 7) is 3.27. The van der Waals surface area contributed by atoms with Crippen LogP contribution in [0.5, 0.6) is 0 Å². The molecule has 0 saturated carbocycles. The molecular formula is C13H26N2OS. The number of hydrogen-bond donors (Lipinski definition) is 1. The van der Waals surface area contributed by atoms with E-state index in [2.05, 4.69) is 36.1 Å². The first kappa shape index (κ1) is 13.7. The van der Waals surface area contributed by atoms with Gasteiger partial charge in [0.25, 0.3) is 0 Å². The lowest BCUT2D eigenvalue weighted by atomic mass is 9.90. The molecule has 0 aromatic heterocycles. The fourth-order valence-electron chi connectivity index (χ4n) is 2.77. The molecule has 0 aliphatic carbocycles. The average molecular weight is 258 g/mol. The van der Waals surface area contributed by atoms with Crippen molar-refractivity contribution in [3.63, 3.8) is 0 Å². The van der Waals surface area contributed by atoms with Crippen LogP contribution >= 0.6 is 11.8 Å². The van der Waals surface area contributed by atoms with Crippen molar-refractivity contribution in [2.24, 2.45) is 0 Å². The number of thioether (sulfide) groups is 1. The van der Waals surface area contributed by atoms with Crippen LogP contribution in [-0.4, -0.2) is 61.8 Å². The van der Waals surface area contributed by atoms with Gasteiger partial charge in [0.05, 0.1) is 5.60 Å². The first-order valence-electron chi connectivity index (χ1n) is 6.80. The Morgan fingerprint density at radius 3 is 3.06 bits per heavy atom. The Kier molecular flexibility index (Phi) is 5.15. The zero-order valence-electron chi connectivity index (χ0n) is 11.2. The molecule has 0 amide bonds. The standard InChI is InChI=1S/C13H26N2OS/c1-15(2)7-3-6-14-12-4-8-16-13(10-12)5-9-17-11-13/h12,14H,3-11H2,1-2H3. The first-order valence-corrected chi connectivity index (χ1v) is 7.95. The van der Waals surface area contributed by atoms with Crippen molar-refractivity contribution in [1.29, 1.82) is 0 Å². The van der Waals surface area contributed by atoms with Gasteiger partial charge in [0.2, 0.25) is 0 Å². The second-order valence-corrected chi connectivity index (χ2v) is 6.74. The Morgan fingerprint density at radius 2 is 2.35 bits per heavy atom. The lowest BCUT2D eigenvalue weighted by molar-refractivity contribution is -0.0700. The van der Waals surface area contributed by atoms with E-state index in [0.717, 1.165) is 13.2 Å². The molecule has 2 aliphatic heterocycles. The fraction of sp³-hybridized carbons (Fsp3) is 1.00. The highest BCUT2D eigenvalue weighted by molar-refractivity contribution is 7.99. The summed E-state index contributed by atoms with van der Waals surface area (Å²) < 4.78 is 6.03. The third-order valence-corrected chi connectivity index (χ3v) is 5.00. The van der Waals surface area contributed by atoms with Crippen LogP contribution in [0.1, 0.15) is 25.7 Å². The molecule has 2 rings (SSSR count). The minimum atomic E-state index is 0.224. The summed E-state index contributed by atoms with van der Waals surface area (Å²) in [5.74, 6) is 2.50. The van der Waals surface area contributed by atoms with Crippen molar-refractivity contribution in [1.82, 2.24) is 10.2 Å². The van der Waals surface area contributed by atoms with Gasteiger partial charge in [-0.2, -0.15) is 11.8 Å². The van der Waals surface area contributed by atoms with Crippen molar-refractivity contribution >= 4 is 11.8 Å². The zero-order valence-corrected chi connectivity index (χ0v) is 12.0. The first-order chi connectivity index (χ1) is 8.20. The highest BCUT2D eigenvalue weighted by Crippen LogP contribution is 2.38. The Balaban J connectivity index is 1.67. The molecule has 17 heavy (non-hydrogen) atoms. The molecule has 100 valence electrons. The molecule has 1 spiro atoms. The summed E-state index contributed by atoms with van der Waals surface area (Å²) in [4.78, 5) is 2.25. The lowest BCUT2D eigenvalue weighted by Gasteiger charge is -2.38. The summed E-state index contributed by atoms with van der Waals surface area (Å²) in [6, 6.07) is 0.685. The van der Waals surface area contributed by atoms with Crippen LogP contribution in [0.3, 0.4) is 0 Å². The molecular weight excluding hydrogens is 232 g/mol. The Morgan fingerprint density at radius 1 is 1.47 bits per heavy atom. The van der Waals surface area contributed by atoms with Crippen molar-refractivity contribution < 1.29 is 4.74 Å². The van der Waals surface area contributed by atoms with Crippen molar-refractivity contribution in [2.75, 3.05) is 45.3 Å². The van der Waals surface area contributed by atoms with E-state index in [4.69, 9.17) is 4.74 Å². The molecule has 2 heterocycles. The van der Waals surface area contributed by atoms with Gasteiger partial charge in [0, 0.05) is 18.4 Å². The maximum Gasteiger partial charge on any atom is 0.0795 e. The number of rotatable bonds is 5. The molecule has 2 unspecified atom stereocenters. The van der Waals surface area contributed by atoms with Gasteiger partial charge in [0.15, 0.2) is 0 Å². The van der Waals surface area contributed by atoms with Crippen LogP contribution < -0.4 is 5.32 Å². The smallest absolute Gasteiger partial charge is 0.0795 e. The van der Waals surface area contributed by atoms with Crippen LogP contribution in [0.2, 0.25) is 0 Å². The highest BCUT2D eigenvalue weighted by atomic mass is 32.2. The second kappa shape index (κ2) is 6.41. The van der Waals surface area contributed by atoms with E-state index in [-0.39, 0.29) is 5.60 Å². The van der Waals surface area contributed by atoms with E-state index in [9.17, 15) is 0 Å². The van der Waals surface area contributed by atoms with Gasteiger partial charge in [-0.25, -0.2) is 0 Å². The minimum Gasteiger partial charge on any atom is -0.374 e. The topological polar surface area (TPSA) is 24.5 Å². The molecule has 3 nitrogen and oxygen atoms in total. The molecule has 0 bridgehead atoms. The Labute approximate surface area is 110 Å². The van der Waals surface area contributed by atoms with Crippen LogP contribution in [-0.2, 0) is 4.74 Å². The molecule has 2 atom stereocenters. The number of nitrogens with one attached hydrogen (secondary N) is 1. The quantitative estimate of drug-likeness (QED) is 0.757. The number of ether oxygens (including phenoxy) is 1. The van der Waals surface area contributed by atoms with Gasteiger partial charge in [-0.1, -0.05) is 0 Å². The molecule has 1 N–H and O–H groups in total. The monoisotopic (exact) mass is 258 g/mol. The van der Waals surface area contributed by atoms with Gasteiger partial charge in [-0.15, -0.1) is 0 Å². The van der Waals surface area contributed by atoms with Crippen molar-refractivity contribution in [2.45, 2.75) is 37.3 Å². The average Bonchev–Trinajstić information content (AvgIpc) is 2.73. The van der Waals surface area contributed by atoms with E-state index >= 15 is 0 Å². The van der Waals surface area contributed by atoms with Gasteiger partial charge in [0.1, 0.15) is 0 Å². The summed E-state index contributed by atoms with van der Waals surface area (Å²) in [5.41, 5.74) is 0.224. The maximum atomic E-state index is 6.03. The molecule has 0 aromatic carbocycles. The van der Waals surface area contributed by atoms with E-state index < -0.39 is 0 Å². The zero-order chi connectivity index (χ0) is 12.1. The van der Waals surface area contributed by atoms with Gasteiger partial charge < -0.3 is 15.0 Å². The molecule has 4 heteroatoms. The van der Waals surface area contributed by atoms with Gasteiger partial charge in [-0.05, 0) is 58.6 Å². The van der Waals surface area contributed by atoms with Crippen LogP contribution in [0, 0.1) is 0 Å². The largest absolute Gasteiger partial charge is 0.374 e. The number of hydrogen-bond acceptors (Lipinski definition) is 4. The van der Waals surface area contributed by atoms with Crippen LogP contribution in [0.25, 0.3) is 0 Å².